The molecule has 0 saturated carbocycles. The molecule has 9 heteroatoms. The molecule has 1 amide bonds. The highest BCUT2D eigenvalue weighted by Crippen LogP contribution is 2.44. The van der Waals surface area contributed by atoms with E-state index in [9.17, 15) is 19.5 Å². The second-order valence-corrected chi connectivity index (χ2v) is 9.72. The number of benzene rings is 3. The molecule has 1 saturated heterocycles. The monoisotopic (exact) mass is 528 g/mol. The van der Waals surface area contributed by atoms with E-state index in [4.69, 9.17) is 9.47 Å². The molecule has 1 aliphatic rings. The SMILES string of the molecule is CCOc1cccc(C(O)=C2C(=O)C(=O)N(c3nc4ccc(C)cc4s3)C2c2ccc(C(=O)OC)cc2)c1. The number of esters is 1. The summed E-state index contributed by atoms with van der Waals surface area (Å²) in [6, 6.07) is 17.9. The van der Waals surface area contributed by atoms with Gasteiger partial charge in [-0.3, -0.25) is 14.5 Å². The van der Waals surface area contributed by atoms with Gasteiger partial charge in [-0.05, 0) is 61.4 Å². The normalized spacial score (nSPS) is 16.7. The number of aryl methyl sites for hydroxylation is 1. The van der Waals surface area contributed by atoms with Crippen molar-refractivity contribution < 1.29 is 29.0 Å². The molecule has 38 heavy (non-hydrogen) atoms. The van der Waals surface area contributed by atoms with E-state index in [-0.39, 0.29) is 11.3 Å². The molecule has 1 aliphatic heterocycles. The lowest BCUT2D eigenvalue weighted by Gasteiger charge is -2.23. The summed E-state index contributed by atoms with van der Waals surface area (Å²) >= 11 is 1.29. The number of methoxy groups -OCH3 is 1. The maximum atomic E-state index is 13.5. The van der Waals surface area contributed by atoms with Gasteiger partial charge in [0.1, 0.15) is 11.5 Å². The Balaban J connectivity index is 1.70. The van der Waals surface area contributed by atoms with Crippen LogP contribution in [0.5, 0.6) is 5.75 Å². The fourth-order valence-electron chi connectivity index (χ4n) is 4.44. The van der Waals surface area contributed by atoms with Crippen LogP contribution in [-0.2, 0) is 14.3 Å². The number of ether oxygens (including phenoxy) is 2. The smallest absolute Gasteiger partial charge is 0.337 e. The van der Waals surface area contributed by atoms with E-state index >= 15 is 0 Å². The number of hydrogen-bond donors (Lipinski definition) is 1. The minimum absolute atomic E-state index is 0.0788. The van der Waals surface area contributed by atoms with E-state index in [1.165, 1.54) is 23.3 Å². The molecule has 0 spiro atoms. The lowest BCUT2D eigenvalue weighted by molar-refractivity contribution is -0.132. The quantitative estimate of drug-likeness (QED) is 0.154. The van der Waals surface area contributed by atoms with E-state index in [0.717, 1.165) is 10.3 Å². The number of aliphatic hydroxyl groups is 1. The highest BCUT2D eigenvalue weighted by molar-refractivity contribution is 7.22. The standard InChI is InChI=1S/C29H24N2O6S/c1-4-37-20-7-5-6-19(15-20)25(32)23-24(17-9-11-18(12-10-17)28(35)36-3)31(27(34)26(23)33)29-30-21-13-8-16(2)14-22(21)38-29/h5-15,24,32H,4H2,1-3H3. The third kappa shape index (κ3) is 4.41. The van der Waals surface area contributed by atoms with Crippen molar-refractivity contribution in [3.63, 3.8) is 0 Å². The molecule has 8 nitrogen and oxygen atoms in total. The van der Waals surface area contributed by atoms with Crippen LogP contribution in [0.25, 0.3) is 16.0 Å². The molecule has 5 rings (SSSR count). The van der Waals surface area contributed by atoms with Gasteiger partial charge in [0.15, 0.2) is 5.13 Å². The van der Waals surface area contributed by atoms with Gasteiger partial charge in [-0.2, -0.15) is 0 Å². The molecule has 1 unspecified atom stereocenters. The second kappa shape index (κ2) is 10.1. The fraction of sp³-hybridized carbons (Fsp3) is 0.172. The molecular weight excluding hydrogens is 504 g/mol. The second-order valence-electron chi connectivity index (χ2n) is 8.71. The number of rotatable bonds is 6. The Kier molecular flexibility index (Phi) is 6.69. The highest BCUT2D eigenvalue weighted by atomic mass is 32.1. The largest absolute Gasteiger partial charge is 0.507 e. The Morgan fingerprint density at radius 3 is 2.53 bits per heavy atom. The van der Waals surface area contributed by atoms with Crippen LogP contribution in [0.3, 0.4) is 0 Å². The zero-order chi connectivity index (χ0) is 27.0. The van der Waals surface area contributed by atoms with Gasteiger partial charge in [0.25, 0.3) is 5.78 Å². The molecule has 0 aliphatic carbocycles. The number of ketones is 1. The van der Waals surface area contributed by atoms with Gasteiger partial charge in [-0.15, -0.1) is 0 Å². The predicted molar refractivity (Wildman–Crippen MR) is 145 cm³/mol. The number of carbonyl (C=O) groups excluding carboxylic acids is 3. The topological polar surface area (TPSA) is 106 Å². The Hall–Kier alpha value is -4.50. The maximum absolute atomic E-state index is 13.5. The van der Waals surface area contributed by atoms with Crippen LogP contribution in [0, 0.1) is 6.92 Å². The molecule has 1 aromatic heterocycles. The summed E-state index contributed by atoms with van der Waals surface area (Å²) in [6.07, 6.45) is 0. The first-order chi connectivity index (χ1) is 18.3. The molecule has 1 N–H and O–H groups in total. The van der Waals surface area contributed by atoms with Crippen molar-refractivity contribution in [2.24, 2.45) is 0 Å². The van der Waals surface area contributed by atoms with Crippen molar-refractivity contribution >= 4 is 50.1 Å². The lowest BCUT2D eigenvalue weighted by Crippen LogP contribution is -2.29. The van der Waals surface area contributed by atoms with Crippen molar-refractivity contribution in [3.05, 3.63) is 94.6 Å². The van der Waals surface area contributed by atoms with Crippen LogP contribution in [-0.4, -0.2) is 41.5 Å². The number of aliphatic hydroxyl groups excluding tert-OH is 1. The molecule has 0 radical (unpaired) electrons. The molecular formula is C29H24N2O6S. The molecule has 192 valence electrons. The minimum atomic E-state index is -0.973. The van der Waals surface area contributed by atoms with Crippen molar-refractivity contribution in [3.8, 4) is 5.75 Å². The number of fused-ring (bicyclic) bond motifs is 1. The first-order valence-corrected chi connectivity index (χ1v) is 12.7. The lowest BCUT2D eigenvalue weighted by atomic mass is 9.94. The average molecular weight is 529 g/mol. The molecule has 1 atom stereocenters. The van der Waals surface area contributed by atoms with Crippen LogP contribution in [0.15, 0.2) is 72.3 Å². The van der Waals surface area contributed by atoms with Gasteiger partial charge in [0, 0.05) is 5.56 Å². The molecule has 2 heterocycles. The summed E-state index contributed by atoms with van der Waals surface area (Å²) in [5, 5.41) is 11.7. The van der Waals surface area contributed by atoms with Crippen LogP contribution in [0.2, 0.25) is 0 Å². The first-order valence-electron chi connectivity index (χ1n) is 11.9. The van der Waals surface area contributed by atoms with Crippen molar-refractivity contribution in [1.29, 1.82) is 0 Å². The van der Waals surface area contributed by atoms with Crippen molar-refractivity contribution in [1.82, 2.24) is 4.98 Å². The zero-order valence-corrected chi connectivity index (χ0v) is 21.7. The minimum Gasteiger partial charge on any atom is -0.507 e. The average Bonchev–Trinajstić information content (AvgIpc) is 3.45. The number of hydrogen-bond acceptors (Lipinski definition) is 8. The summed E-state index contributed by atoms with van der Waals surface area (Å²) in [4.78, 5) is 44.9. The van der Waals surface area contributed by atoms with Gasteiger partial charge in [0.05, 0.1) is 41.1 Å². The number of aromatic nitrogens is 1. The number of nitrogens with zero attached hydrogens (tertiary/aromatic N) is 2. The fourth-order valence-corrected chi connectivity index (χ4v) is 5.53. The van der Waals surface area contributed by atoms with Crippen molar-refractivity contribution in [2.45, 2.75) is 19.9 Å². The van der Waals surface area contributed by atoms with Gasteiger partial charge in [-0.25, -0.2) is 9.78 Å². The number of amides is 1. The van der Waals surface area contributed by atoms with Crippen LogP contribution < -0.4 is 9.64 Å². The van der Waals surface area contributed by atoms with E-state index in [1.54, 1.807) is 48.5 Å². The van der Waals surface area contributed by atoms with Gasteiger partial charge < -0.3 is 14.6 Å². The Labute approximate surface area is 222 Å². The summed E-state index contributed by atoms with van der Waals surface area (Å²) in [7, 11) is 1.29. The maximum Gasteiger partial charge on any atom is 0.337 e. The van der Waals surface area contributed by atoms with E-state index in [2.05, 4.69) is 4.98 Å². The predicted octanol–water partition coefficient (Wildman–Crippen LogP) is 5.42. The Bertz CT molecular complexity index is 1610. The number of carbonyl (C=O) groups is 3. The Morgan fingerprint density at radius 1 is 1.05 bits per heavy atom. The van der Waals surface area contributed by atoms with Gasteiger partial charge in [0.2, 0.25) is 0 Å². The molecule has 1 fully saturated rings. The highest BCUT2D eigenvalue weighted by Gasteiger charge is 2.48. The van der Waals surface area contributed by atoms with Gasteiger partial charge in [-0.1, -0.05) is 41.7 Å². The summed E-state index contributed by atoms with van der Waals surface area (Å²) in [5.41, 5.74) is 2.83. The Morgan fingerprint density at radius 2 is 1.82 bits per heavy atom. The summed E-state index contributed by atoms with van der Waals surface area (Å²) in [5.74, 6) is -1.95. The first kappa shape index (κ1) is 25.2. The summed E-state index contributed by atoms with van der Waals surface area (Å²) in [6.45, 7) is 4.23. The number of Topliss-reactive ketones (excluding diaryl/α,β-unsaturated/α-hetero) is 1. The van der Waals surface area contributed by atoms with Crippen LogP contribution >= 0.6 is 11.3 Å². The van der Waals surface area contributed by atoms with Crippen LogP contribution in [0.1, 0.15) is 40.0 Å². The molecule has 4 aromatic rings. The molecule has 3 aromatic carbocycles. The van der Waals surface area contributed by atoms with Gasteiger partial charge >= 0.3 is 11.9 Å². The van der Waals surface area contributed by atoms with Crippen molar-refractivity contribution in [2.75, 3.05) is 18.6 Å². The van der Waals surface area contributed by atoms with E-state index < -0.39 is 23.7 Å². The molecule has 0 bridgehead atoms. The number of anilines is 1. The van der Waals surface area contributed by atoms with E-state index in [0.29, 0.717) is 39.7 Å². The third-order valence-corrected chi connectivity index (χ3v) is 7.27. The third-order valence-electron chi connectivity index (χ3n) is 6.25. The zero-order valence-electron chi connectivity index (χ0n) is 20.9. The number of thiazole rings is 1. The van der Waals surface area contributed by atoms with E-state index in [1.807, 2.05) is 32.0 Å². The van der Waals surface area contributed by atoms with Crippen LogP contribution in [0.4, 0.5) is 5.13 Å². The summed E-state index contributed by atoms with van der Waals surface area (Å²) < 4.78 is 11.2.